The molecule has 0 unspecified atom stereocenters. The lowest BCUT2D eigenvalue weighted by Crippen LogP contribution is -2.39. The van der Waals surface area contributed by atoms with Crippen LogP contribution in [0.2, 0.25) is 0 Å². The maximum Gasteiger partial charge on any atom is 0.408 e. The summed E-state index contributed by atoms with van der Waals surface area (Å²) in [5.74, 6) is -1.49. The SMILES string of the molecule is C[C@H](n1ccnc1-c1nc(NC(=O)c2cc(-n3cnc(C4CC4)c3)c(N3CCC(C(F)(F)F)CC3)cn2)cs1)C(F)(F)F. The molecule has 1 aliphatic carbocycles. The maximum absolute atomic E-state index is 13.3. The van der Waals surface area contributed by atoms with Crippen LogP contribution in [0.25, 0.3) is 16.5 Å². The number of amides is 1. The van der Waals surface area contributed by atoms with Gasteiger partial charge >= 0.3 is 12.4 Å². The standard InChI is InChI=1S/C27H26F6N8OS/c1-15(26(28,29)30)41-9-6-34-23(41)25-38-22(13-43-25)37-24(42)18-10-20(40-12-19(36-14-40)16-2-3-16)21(11-35-18)39-7-4-17(5-8-39)27(31,32)33/h6,9-17H,2-5,7-8H2,1H3,(H,37,42)/t15-/m0/s1. The second-order valence-electron chi connectivity index (χ2n) is 10.7. The fraction of sp³-hybridized carbons (Fsp3) is 0.444. The number of pyridine rings is 1. The number of alkyl halides is 6. The third kappa shape index (κ3) is 6.10. The molecule has 5 heterocycles. The van der Waals surface area contributed by atoms with Gasteiger partial charge in [-0.15, -0.1) is 11.3 Å². The Labute approximate surface area is 245 Å². The lowest BCUT2D eigenvalue weighted by molar-refractivity contribution is -0.179. The van der Waals surface area contributed by atoms with Gasteiger partial charge in [-0.3, -0.25) is 4.79 Å². The van der Waals surface area contributed by atoms with Crippen LogP contribution in [0.15, 0.2) is 42.6 Å². The Bertz CT molecular complexity index is 1610. The van der Waals surface area contributed by atoms with Crippen molar-refractivity contribution in [2.24, 2.45) is 5.92 Å². The number of hydrogen-bond acceptors (Lipinski definition) is 7. The number of aromatic nitrogens is 6. The summed E-state index contributed by atoms with van der Waals surface area (Å²) in [5, 5.41) is 4.31. The van der Waals surface area contributed by atoms with Crippen molar-refractivity contribution in [2.45, 2.75) is 56.9 Å². The summed E-state index contributed by atoms with van der Waals surface area (Å²) in [5.41, 5.74) is 2.05. The van der Waals surface area contributed by atoms with E-state index in [2.05, 4.69) is 25.3 Å². The summed E-state index contributed by atoms with van der Waals surface area (Å²) in [6.45, 7) is 1.37. The van der Waals surface area contributed by atoms with E-state index in [1.54, 1.807) is 17.0 Å². The van der Waals surface area contributed by atoms with Crippen molar-refractivity contribution in [2.75, 3.05) is 23.3 Å². The van der Waals surface area contributed by atoms with Gasteiger partial charge in [-0.05, 0) is 38.7 Å². The van der Waals surface area contributed by atoms with E-state index < -0.39 is 30.2 Å². The molecule has 228 valence electrons. The minimum absolute atomic E-state index is 0.0148. The van der Waals surface area contributed by atoms with Crippen molar-refractivity contribution in [1.29, 1.82) is 0 Å². The molecular formula is C27H26F6N8OS. The number of rotatable bonds is 7. The summed E-state index contributed by atoms with van der Waals surface area (Å²) in [6.07, 6.45) is 0.654. The van der Waals surface area contributed by atoms with Gasteiger partial charge in [0.05, 0.1) is 35.5 Å². The predicted molar refractivity (Wildman–Crippen MR) is 146 cm³/mol. The number of piperidine rings is 1. The van der Waals surface area contributed by atoms with Gasteiger partial charge in [0.2, 0.25) is 0 Å². The van der Waals surface area contributed by atoms with Crippen molar-refractivity contribution < 1.29 is 31.1 Å². The van der Waals surface area contributed by atoms with E-state index in [1.807, 2.05) is 11.1 Å². The number of imidazole rings is 2. The van der Waals surface area contributed by atoms with Crippen molar-refractivity contribution in [1.82, 2.24) is 29.1 Å². The number of nitrogens with zero attached hydrogens (tertiary/aromatic N) is 7. The number of anilines is 2. The fourth-order valence-electron chi connectivity index (χ4n) is 5.08. The molecule has 4 aromatic heterocycles. The molecule has 1 aliphatic heterocycles. The highest BCUT2D eigenvalue weighted by molar-refractivity contribution is 7.13. The van der Waals surface area contributed by atoms with Gasteiger partial charge in [-0.25, -0.2) is 19.9 Å². The molecule has 1 saturated carbocycles. The van der Waals surface area contributed by atoms with Crippen LogP contribution in [0.4, 0.5) is 37.8 Å². The second kappa shape index (κ2) is 11.0. The van der Waals surface area contributed by atoms with Crippen molar-refractivity contribution >= 4 is 28.7 Å². The lowest BCUT2D eigenvalue weighted by Gasteiger charge is -2.35. The van der Waals surface area contributed by atoms with E-state index in [0.29, 0.717) is 17.3 Å². The van der Waals surface area contributed by atoms with Crippen molar-refractivity contribution in [3.63, 3.8) is 0 Å². The molecule has 0 radical (unpaired) electrons. The van der Waals surface area contributed by atoms with Crippen molar-refractivity contribution in [3.8, 4) is 16.5 Å². The van der Waals surface area contributed by atoms with Crippen molar-refractivity contribution in [3.05, 3.63) is 53.9 Å². The second-order valence-corrected chi connectivity index (χ2v) is 11.6. The monoisotopic (exact) mass is 624 g/mol. The molecule has 9 nitrogen and oxygen atoms in total. The molecule has 1 saturated heterocycles. The van der Waals surface area contributed by atoms with Gasteiger partial charge in [0.1, 0.15) is 17.6 Å². The third-order valence-corrected chi connectivity index (χ3v) is 8.60. The highest BCUT2D eigenvalue weighted by Gasteiger charge is 2.41. The van der Waals surface area contributed by atoms with Gasteiger partial charge in [-0.1, -0.05) is 0 Å². The average Bonchev–Trinajstić information content (AvgIpc) is 3.33. The number of halogens is 6. The maximum atomic E-state index is 13.3. The van der Waals surface area contributed by atoms with Crippen LogP contribution < -0.4 is 10.2 Å². The average molecular weight is 625 g/mol. The molecular weight excluding hydrogens is 598 g/mol. The fourth-order valence-corrected chi connectivity index (χ4v) is 5.83. The quantitative estimate of drug-likeness (QED) is 0.233. The van der Waals surface area contributed by atoms with E-state index in [1.165, 1.54) is 24.0 Å². The first-order valence-corrected chi connectivity index (χ1v) is 14.5. The Morgan fingerprint density at radius 3 is 2.47 bits per heavy atom. The summed E-state index contributed by atoms with van der Waals surface area (Å²) >= 11 is 1.03. The first-order chi connectivity index (χ1) is 20.4. The zero-order valence-electron chi connectivity index (χ0n) is 22.7. The van der Waals surface area contributed by atoms with Gasteiger partial charge < -0.3 is 19.4 Å². The molecule has 6 rings (SSSR count). The highest BCUT2D eigenvalue weighted by atomic mass is 32.1. The molecule has 2 aliphatic rings. The minimum Gasteiger partial charge on any atom is -0.369 e. The van der Waals surface area contributed by atoms with Crippen LogP contribution in [0.5, 0.6) is 0 Å². The number of carbonyl (C=O) groups is 1. The Hall–Kier alpha value is -3.95. The molecule has 0 bridgehead atoms. The van der Waals surface area contributed by atoms with Crippen LogP contribution >= 0.6 is 11.3 Å². The summed E-state index contributed by atoms with van der Waals surface area (Å²) < 4.78 is 82.4. The molecule has 16 heteroatoms. The molecule has 1 amide bonds. The third-order valence-electron chi connectivity index (χ3n) is 7.77. The zero-order chi connectivity index (χ0) is 30.5. The van der Waals surface area contributed by atoms with Crippen LogP contribution in [0, 0.1) is 5.92 Å². The van der Waals surface area contributed by atoms with E-state index in [0.717, 1.165) is 41.4 Å². The van der Waals surface area contributed by atoms with Gasteiger partial charge in [0, 0.05) is 43.0 Å². The molecule has 4 aromatic rings. The highest BCUT2D eigenvalue weighted by Crippen LogP contribution is 2.40. The molecule has 1 N–H and O–H groups in total. The van der Waals surface area contributed by atoms with E-state index in [9.17, 15) is 31.1 Å². The van der Waals surface area contributed by atoms with Crippen LogP contribution in [0.3, 0.4) is 0 Å². The zero-order valence-corrected chi connectivity index (χ0v) is 23.5. The smallest absolute Gasteiger partial charge is 0.369 e. The Balaban J connectivity index is 1.24. The number of hydrogen-bond donors (Lipinski definition) is 1. The van der Waals surface area contributed by atoms with E-state index >= 15 is 0 Å². The van der Waals surface area contributed by atoms with Gasteiger partial charge in [-0.2, -0.15) is 26.3 Å². The topological polar surface area (TPSA) is 93.8 Å². The molecule has 0 aromatic carbocycles. The van der Waals surface area contributed by atoms with Crippen LogP contribution in [-0.4, -0.2) is 60.4 Å². The number of thiazole rings is 1. The first-order valence-electron chi connectivity index (χ1n) is 13.6. The molecule has 2 fully saturated rings. The Morgan fingerprint density at radius 1 is 1.05 bits per heavy atom. The molecule has 0 spiro atoms. The largest absolute Gasteiger partial charge is 0.408 e. The summed E-state index contributed by atoms with van der Waals surface area (Å²) in [7, 11) is 0. The molecule has 43 heavy (non-hydrogen) atoms. The normalized spacial score (nSPS) is 17.3. The van der Waals surface area contributed by atoms with Gasteiger partial charge in [0.25, 0.3) is 5.91 Å². The first kappa shape index (κ1) is 29.1. The summed E-state index contributed by atoms with van der Waals surface area (Å²) in [6, 6.07) is -0.278. The Morgan fingerprint density at radius 2 is 1.79 bits per heavy atom. The lowest BCUT2D eigenvalue weighted by atomic mass is 9.96. The summed E-state index contributed by atoms with van der Waals surface area (Å²) in [4.78, 5) is 32.1. The van der Waals surface area contributed by atoms with Crippen LogP contribution in [0.1, 0.15) is 60.7 Å². The minimum atomic E-state index is -4.48. The van der Waals surface area contributed by atoms with Crippen LogP contribution in [-0.2, 0) is 0 Å². The van der Waals surface area contributed by atoms with Gasteiger partial charge in [0.15, 0.2) is 10.8 Å². The number of carbonyl (C=O) groups excluding carboxylic acids is 1. The predicted octanol–water partition coefficient (Wildman–Crippen LogP) is 6.62. The number of nitrogens with one attached hydrogen (secondary N) is 1. The van der Waals surface area contributed by atoms with E-state index in [4.69, 9.17) is 0 Å². The van der Waals surface area contributed by atoms with E-state index in [-0.39, 0.29) is 48.3 Å². The Kier molecular flexibility index (Phi) is 7.42. The molecule has 1 atom stereocenters.